The van der Waals surface area contributed by atoms with Crippen molar-refractivity contribution in [1.29, 1.82) is 0 Å². The highest BCUT2D eigenvalue weighted by Crippen LogP contribution is 2.43. The molecule has 0 bridgehead atoms. The highest BCUT2D eigenvalue weighted by Gasteiger charge is 2.44. The Kier molecular flexibility index (Phi) is 4.80. The maximum absolute atomic E-state index is 13.3. The van der Waals surface area contributed by atoms with Crippen molar-refractivity contribution < 1.29 is 28.2 Å². The molecule has 2 N–H and O–H groups in total. The Balaban J connectivity index is 1.59. The number of aryl methyl sites for hydroxylation is 1. The van der Waals surface area contributed by atoms with E-state index in [1.165, 1.54) is 12.1 Å². The van der Waals surface area contributed by atoms with Gasteiger partial charge in [0.2, 0.25) is 5.91 Å². The van der Waals surface area contributed by atoms with Crippen LogP contribution in [-0.2, 0) is 10.2 Å². The predicted molar refractivity (Wildman–Crippen MR) is 110 cm³/mol. The molecule has 8 heteroatoms. The zero-order valence-corrected chi connectivity index (χ0v) is 17.1. The summed E-state index contributed by atoms with van der Waals surface area (Å²) in [4.78, 5) is 17.6. The van der Waals surface area contributed by atoms with Crippen LogP contribution >= 0.6 is 0 Å². The first-order valence-electron chi connectivity index (χ1n) is 9.54. The van der Waals surface area contributed by atoms with Gasteiger partial charge in [-0.05, 0) is 62.2 Å². The average molecular weight is 426 g/mol. The number of aromatic nitrogens is 1. The number of phenolic OH excluding ortho intramolecular Hbond substituents is 1. The third-order valence-electron chi connectivity index (χ3n) is 5.15. The molecule has 1 aromatic heterocycles. The molecular formula is C23H20F2N2O4. The van der Waals surface area contributed by atoms with Crippen LogP contribution in [0.2, 0.25) is 0 Å². The maximum Gasteiger partial charge on any atom is 0.586 e. The average Bonchev–Trinajstić information content (AvgIpc) is 3.02. The molecular weight excluding hydrogens is 406 g/mol. The number of fused-ring (bicyclic) bond motifs is 1. The SMILES string of the molecule is Cc1ccc(NC(=O)C(C)(C)c2ccc3c(c2)OC(F)(F)O3)nc1-c1cccc(O)c1. The van der Waals surface area contributed by atoms with Crippen LogP contribution in [0.15, 0.2) is 54.6 Å². The van der Waals surface area contributed by atoms with Gasteiger partial charge in [-0.3, -0.25) is 4.79 Å². The zero-order valence-electron chi connectivity index (χ0n) is 17.1. The molecule has 0 aliphatic carbocycles. The van der Waals surface area contributed by atoms with Crippen molar-refractivity contribution in [3.8, 4) is 28.5 Å². The third-order valence-corrected chi connectivity index (χ3v) is 5.15. The normalized spacial score (nSPS) is 14.4. The quantitative estimate of drug-likeness (QED) is 0.614. The molecule has 1 aliphatic heterocycles. The Bertz CT molecular complexity index is 1180. The standard InChI is InChI=1S/C23H20F2N2O4/c1-13-7-10-19(26-20(13)14-5-4-6-16(28)11-14)27-21(29)22(2,3)15-8-9-17-18(12-15)31-23(24,25)30-17/h4-12,28H,1-3H3,(H,26,27,29). The molecule has 4 rings (SSSR count). The monoisotopic (exact) mass is 426 g/mol. The van der Waals surface area contributed by atoms with Gasteiger partial charge in [-0.1, -0.05) is 24.3 Å². The van der Waals surface area contributed by atoms with E-state index in [4.69, 9.17) is 0 Å². The first kappa shape index (κ1) is 20.6. The van der Waals surface area contributed by atoms with E-state index in [9.17, 15) is 18.7 Å². The van der Waals surface area contributed by atoms with Gasteiger partial charge in [0.15, 0.2) is 11.5 Å². The summed E-state index contributed by atoms with van der Waals surface area (Å²) >= 11 is 0. The maximum atomic E-state index is 13.3. The van der Waals surface area contributed by atoms with Gasteiger partial charge in [-0.2, -0.15) is 0 Å². The summed E-state index contributed by atoms with van der Waals surface area (Å²) < 4.78 is 35.5. The Hall–Kier alpha value is -3.68. The minimum absolute atomic E-state index is 0.0825. The summed E-state index contributed by atoms with van der Waals surface area (Å²) in [6.45, 7) is 5.22. The summed E-state index contributed by atoms with van der Waals surface area (Å²) in [6, 6.07) is 14.4. The van der Waals surface area contributed by atoms with Crippen LogP contribution in [0.1, 0.15) is 25.0 Å². The lowest BCUT2D eigenvalue weighted by Gasteiger charge is -2.24. The van der Waals surface area contributed by atoms with Crippen molar-refractivity contribution in [2.24, 2.45) is 0 Å². The zero-order chi connectivity index (χ0) is 22.4. The lowest BCUT2D eigenvalue weighted by molar-refractivity contribution is -0.286. The number of pyridine rings is 1. The van der Waals surface area contributed by atoms with Crippen LogP contribution in [0.5, 0.6) is 17.2 Å². The fourth-order valence-electron chi connectivity index (χ4n) is 3.29. The number of carbonyl (C=O) groups excluding carboxylic acids is 1. The molecule has 6 nitrogen and oxygen atoms in total. The number of carbonyl (C=O) groups is 1. The predicted octanol–water partition coefficient (Wildman–Crippen LogP) is 5.00. The number of alkyl halides is 2. The lowest BCUT2D eigenvalue weighted by Crippen LogP contribution is -2.35. The van der Waals surface area contributed by atoms with E-state index in [-0.39, 0.29) is 23.2 Å². The largest absolute Gasteiger partial charge is 0.586 e. The number of amides is 1. The van der Waals surface area contributed by atoms with Crippen molar-refractivity contribution in [2.75, 3.05) is 5.32 Å². The van der Waals surface area contributed by atoms with E-state index >= 15 is 0 Å². The number of ether oxygens (including phenoxy) is 2. The topological polar surface area (TPSA) is 80.7 Å². The van der Waals surface area contributed by atoms with Gasteiger partial charge >= 0.3 is 6.29 Å². The number of hydrogen-bond donors (Lipinski definition) is 2. The van der Waals surface area contributed by atoms with Gasteiger partial charge in [-0.25, -0.2) is 4.98 Å². The van der Waals surface area contributed by atoms with Crippen LogP contribution in [0.3, 0.4) is 0 Å². The number of hydrogen-bond acceptors (Lipinski definition) is 5. The molecule has 3 aromatic rings. The lowest BCUT2D eigenvalue weighted by atomic mass is 9.83. The summed E-state index contributed by atoms with van der Waals surface area (Å²) in [5.41, 5.74) is 1.61. The summed E-state index contributed by atoms with van der Waals surface area (Å²) in [7, 11) is 0. The Morgan fingerprint density at radius 1 is 1.06 bits per heavy atom. The van der Waals surface area contributed by atoms with Gasteiger partial charge in [0.05, 0.1) is 11.1 Å². The minimum atomic E-state index is -3.72. The number of rotatable bonds is 4. The molecule has 0 spiro atoms. The second kappa shape index (κ2) is 7.23. The Labute approximate surface area is 177 Å². The highest BCUT2D eigenvalue weighted by atomic mass is 19.3. The van der Waals surface area contributed by atoms with E-state index in [2.05, 4.69) is 19.8 Å². The first-order valence-corrected chi connectivity index (χ1v) is 9.54. The molecule has 0 radical (unpaired) electrons. The minimum Gasteiger partial charge on any atom is -0.508 e. The van der Waals surface area contributed by atoms with Gasteiger partial charge in [0.25, 0.3) is 0 Å². The molecule has 2 heterocycles. The number of aromatic hydroxyl groups is 1. The van der Waals surface area contributed by atoms with Crippen molar-refractivity contribution in [1.82, 2.24) is 4.98 Å². The molecule has 1 amide bonds. The summed E-state index contributed by atoms with van der Waals surface area (Å²) in [5.74, 6) is -0.141. The first-order chi connectivity index (χ1) is 14.5. The number of nitrogens with zero attached hydrogens (tertiary/aromatic N) is 1. The van der Waals surface area contributed by atoms with Gasteiger partial charge in [0.1, 0.15) is 11.6 Å². The van der Waals surface area contributed by atoms with Gasteiger partial charge in [-0.15, -0.1) is 8.78 Å². The highest BCUT2D eigenvalue weighted by molar-refractivity contribution is 5.98. The number of nitrogens with one attached hydrogen (secondary N) is 1. The number of benzene rings is 2. The van der Waals surface area contributed by atoms with Crippen LogP contribution in [-0.4, -0.2) is 22.3 Å². The second-order valence-corrected chi connectivity index (χ2v) is 7.82. The van der Waals surface area contributed by atoms with Crippen molar-refractivity contribution in [3.63, 3.8) is 0 Å². The number of halogens is 2. The molecule has 160 valence electrons. The second-order valence-electron chi connectivity index (χ2n) is 7.82. The van der Waals surface area contributed by atoms with E-state index in [1.54, 1.807) is 44.2 Å². The molecule has 0 fully saturated rings. The fourth-order valence-corrected chi connectivity index (χ4v) is 3.29. The van der Waals surface area contributed by atoms with Crippen LogP contribution in [0, 0.1) is 6.92 Å². The van der Waals surface area contributed by atoms with Crippen LogP contribution in [0.4, 0.5) is 14.6 Å². The van der Waals surface area contributed by atoms with Crippen LogP contribution < -0.4 is 14.8 Å². The number of anilines is 1. The van der Waals surface area contributed by atoms with Gasteiger partial charge < -0.3 is 19.9 Å². The fraction of sp³-hybridized carbons (Fsp3) is 0.217. The molecule has 0 saturated heterocycles. The van der Waals surface area contributed by atoms with E-state index in [1.807, 2.05) is 19.1 Å². The third kappa shape index (κ3) is 4.01. The smallest absolute Gasteiger partial charge is 0.508 e. The van der Waals surface area contributed by atoms with E-state index in [0.717, 1.165) is 5.56 Å². The van der Waals surface area contributed by atoms with Crippen LogP contribution in [0.25, 0.3) is 11.3 Å². The van der Waals surface area contributed by atoms with E-state index in [0.29, 0.717) is 22.6 Å². The Morgan fingerprint density at radius 2 is 1.81 bits per heavy atom. The van der Waals surface area contributed by atoms with Crippen molar-refractivity contribution in [3.05, 3.63) is 65.7 Å². The molecule has 2 aromatic carbocycles. The summed E-state index contributed by atoms with van der Waals surface area (Å²) in [5, 5.41) is 12.5. The molecule has 1 aliphatic rings. The molecule has 0 atom stereocenters. The summed E-state index contributed by atoms with van der Waals surface area (Å²) in [6.07, 6.45) is -3.72. The van der Waals surface area contributed by atoms with Crippen molar-refractivity contribution in [2.45, 2.75) is 32.5 Å². The Morgan fingerprint density at radius 3 is 2.55 bits per heavy atom. The number of phenols is 1. The van der Waals surface area contributed by atoms with Gasteiger partial charge in [0, 0.05) is 5.56 Å². The molecule has 31 heavy (non-hydrogen) atoms. The van der Waals surface area contributed by atoms with Crippen molar-refractivity contribution >= 4 is 11.7 Å². The molecule has 0 saturated carbocycles. The molecule has 0 unspecified atom stereocenters. The van der Waals surface area contributed by atoms with E-state index < -0.39 is 11.7 Å².